The third-order valence-corrected chi connectivity index (χ3v) is 4.86. The topological polar surface area (TPSA) is 51.2 Å². The van der Waals surface area contributed by atoms with Gasteiger partial charge in [0.1, 0.15) is 11.3 Å². The summed E-state index contributed by atoms with van der Waals surface area (Å²) in [6, 6.07) is 7.52. The van der Waals surface area contributed by atoms with E-state index in [1.807, 2.05) is 30.5 Å². The average Bonchev–Trinajstić information content (AvgIpc) is 3.08. The highest BCUT2D eigenvalue weighted by molar-refractivity contribution is 7.22. The van der Waals surface area contributed by atoms with E-state index in [2.05, 4.69) is 10.3 Å². The Hall–Kier alpha value is -1.92. The van der Waals surface area contributed by atoms with Crippen molar-refractivity contribution in [2.75, 3.05) is 12.4 Å². The molecule has 1 aromatic carbocycles. The number of nitrogens with zero attached hydrogens (tertiary/aromatic N) is 1. The Bertz CT molecular complexity index is 763. The van der Waals surface area contributed by atoms with Gasteiger partial charge in [0, 0.05) is 0 Å². The number of carbonyl (C=O) groups excluding carboxylic acids is 1. The Morgan fingerprint density at radius 2 is 2.20 bits per heavy atom. The first-order chi connectivity index (χ1) is 9.69. The molecule has 0 saturated carbocycles. The smallest absolute Gasteiger partial charge is 0.267 e. The summed E-state index contributed by atoms with van der Waals surface area (Å²) in [5.74, 6) is 0.592. The van der Waals surface area contributed by atoms with E-state index in [9.17, 15) is 4.79 Å². The number of rotatable bonds is 3. The molecule has 0 fully saturated rings. The molecule has 0 atom stereocenters. The van der Waals surface area contributed by atoms with Crippen molar-refractivity contribution < 1.29 is 9.53 Å². The molecule has 0 unspecified atom stereocenters. The second-order valence-corrected chi connectivity index (χ2v) is 6.16. The van der Waals surface area contributed by atoms with Gasteiger partial charge in [0.25, 0.3) is 5.91 Å². The van der Waals surface area contributed by atoms with Gasteiger partial charge in [0.15, 0.2) is 5.13 Å². The molecule has 2 aromatic heterocycles. The van der Waals surface area contributed by atoms with Crippen molar-refractivity contribution in [2.45, 2.75) is 6.92 Å². The maximum absolute atomic E-state index is 12.0. The molecule has 1 amide bonds. The van der Waals surface area contributed by atoms with Crippen LogP contribution in [-0.2, 0) is 0 Å². The summed E-state index contributed by atoms with van der Waals surface area (Å²) in [5.41, 5.74) is 1.91. The van der Waals surface area contributed by atoms with Crippen molar-refractivity contribution in [3.63, 3.8) is 0 Å². The summed E-state index contributed by atoms with van der Waals surface area (Å²) in [6.45, 7) is 2.02. The molecule has 0 spiro atoms. The van der Waals surface area contributed by atoms with Crippen LogP contribution < -0.4 is 10.1 Å². The molecule has 3 rings (SSSR count). The van der Waals surface area contributed by atoms with Gasteiger partial charge in [0.2, 0.25) is 0 Å². The van der Waals surface area contributed by atoms with E-state index in [0.717, 1.165) is 21.5 Å². The lowest BCUT2D eigenvalue weighted by atomic mass is 10.2. The third-order valence-electron chi connectivity index (χ3n) is 2.89. The fraction of sp³-hybridized carbons (Fsp3) is 0.143. The number of amides is 1. The van der Waals surface area contributed by atoms with Crippen molar-refractivity contribution in [2.24, 2.45) is 0 Å². The molecule has 0 radical (unpaired) electrons. The van der Waals surface area contributed by atoms with Crippen LogP contribution in [0.3, 0.4) is 0 Å². The monoisotopic (exact) mass is 304 g/mol. The summed E-state index contributed by atoms with van der Waals surface area (Å²) in [4.78, 5) is 17.2. The standard InChI is InChI=1S/C14H12N2O2S2/c1-8-5-6-9(18-2)11-12(8)20-14(15-11)16-13(17)10-4-3-7-19-10/h3-7H,1-2H3,(H,15,16,17). The number of nitrogens with one attached hydrogen (secondary N) is 1. The maximum Gasteiger partial charge on any atom is 0.267 e. The van der Waals surface area contributed by atoms with Gasteiger partial charge in [0.05, 0.1) is 16.7 Å². The molecule has 0 aliphatic carbocycles. The molecular formula is C14H12N2O2S2. The molecule has 6 heteroatoms. The van der Waals surface area contributed by atoms with E-state index in [1.165, 1.54) is 22.7 Å². The quantitative estimate of drug-likeness (QED) is 0.797. The lowest BCUT2D eigenvalue weighted by molar-refractivity contribution is 0.103. The summed E-state index contributed by atoms with van der Waals surface area (Å²) in [7, 11) is 1.62. The first kappa shape index (κ1) is 13.1. The zero-order valence-corrected chi connectivity index (χ0v) is 12.6. The van der Waals surface area contributed by atoms with Crippen LogP contribution in [-0.4, -0.2) is 18.0 Å². The summed E-state index contributed by atoms with van der Waals surface area (Å²) >= 11 is 2.87. The zero-order valence-electron chi connectivity index (χ0n) is 11.0. The van der Waals surface area contributed by atoms with Gasteiger partial charge < -0.3 is 4.74 Å². The number of thiophene rings is 1. The fourth-order valence-corrected chi connectivity index (χ4v) is 3.46. The van der Waals surface area contributed by atoms with Crippen molar-refractivity contribution >= 4 is 43.9 Å². The van der Waals surface area contributed by atoms with Crippen molar-refractivity contribution in [1.29, 1.82) is 0 Å². The van der Waals surface area contributed by atoms with Crippen LogP contribution in [0.5, 0.6) is 5.75 Å². The highest BCUT2D eigenvalue weighted by atomic mass is 32.1. The van der Waals surface area contributed by atoms with E-state index >= 15 is 0 Å². The minimum Gasteiger partial charge on any atom is -0.494 e. The van der Waals surface area contributed by atoms with Crippen LogP contribution in [0.4, 0.5) is 5.13 Å². The van der Waals surface area contributed by atoms with Crippen LogP contribution in [0, 0.1) is 6.92 Å². The molecule has 2 heterocycles. The number of carbonyl (C=O) groups is 1. The normalized spacial score (nSPS) is 10.7. The number of benzene rings is 1. The average molecular weight is 304 g/mol. The molecule has 0 aliphatic heterocycles. The van der Waals surface area contributed by atoms with E-state index in [1.54, 1.807) is 13.2 Å². The lowest BCUT2D eigenvalue weighted by Crippen LogP contribution is -2.09. The Balaban J connectivity index is 1.97. The Kier molecular flexibility index (Phi) is 3.42. The number of anilines is 1. The maximum atomic E-state index is 12.0. The highest BCUT2D eigenvalue weighted by Crippen LogP contribution is 2.34. The molecule has 3 aromatic rings. The summed E-state index contributed by atoms with van der Waals surface area (Å²) in [5, 5.41) is 5.30. The van der Waals surface area contributed by atoms with Gasteiger partial charge in [-0.25, -0.2) is 4.98 Å². The van der Waals surface area contributed by atoms with Crippen molar-refractivity contribution in [3.8, 4) is 5.75 Å². The molecule has 102 valence electrons. The van der Waals surface area contributed by atoms with Crippen LogP contribution in [0.25, 0.3) is 10.2 Å². The first-order valence-electron chi connectivity index (χ1n) is 5.98. The third kappa shape index (κ3) is 2.28. The minimum atomic E-state index is -0.129. The minimum absolute atomic E-state index is 0.129. The number of aromatic nitrogens is 1. The molecule has 4 nitrogen and oxygen atoms in total. The zero-order chi connectivity index (χ0) is 14.1. The van der Waals surface area contributed by atoms with E-state index in [0.29, 0.717) is 10.0 Å². The Labute approximate surface area is 124 Å². The predicted molar refractivity (Wildman–Crippen MR) is 83.2 cm³/mol. The number of hydrogen-bond donors (Lipinski definition) is 1. The van der Waals surface area contributed by atoms with Crippen LogP contribution in [0.1, 0.15) is 15.2 Å². The second kappa shape index (κ2) is 5.22. The predicted octanol–water partition coefficient (Wildman–Crippen LogP) is 3.93. The molecule has 1 N–H and O–H groups in total. The van der Waals surface area contributed by atoms with E-state index < -0.39 is 0 Å². The van der Waals surface area contributed by atoms with Gasteiger partial charge in [-0.3, -0.25) is 10.1 Å². The number of methoxy groups -OCH3 is 1. The number of hydrogen-bond acceptors (Lipinski definition) is 5. The number of thiazole rings is 1. The van der Waals surface area contributed by atoms with Crippen LogP contribution in [0.15, 0.2) is 29.6 Å². The van der Waals surface area contributed by atoms with Crippen molar-refractivity contribution in [1.82, 2.24) is 4.98 Å². The van der Waals surface area contributed by atoms with Gasteiger partial charge in [-0.15, -0.1) is 11.3 Å². The van der Waals surface area contributed by atoms with Crippen LogP contribution in [0.2, 0.25) is 0 Å². The molecule has 20 heavy (non-hydrogen) atoms. The molecule has 0 bridgehead atoms. The van der Waals surface area contributed by atoms with Gasteiger partial charge in [-0.2, -0.15) is 0 Å². The lowest BCUT2D eigenvalue weighted by Gasteiger charge is -2.01. The van der Waals surface area contributed by atoms with E-state index in [-0.39, 0.29) is 5.91 Å². The van der Waals surface area contributed by atoms with Gasteiger partial charge in [-0.05, 0) is 30.0 Å². The largest absolute Gasteiger partial charge is 0.494 e. The molecule has 0 saturated heterocycles. The first-order valence-corrected chi connectivity index (χ1v) is 7.67. The Morgan fingerprint density at radius 3 is 2.90 bits per heavy atom. The highest BCUT2D eigenvalue weighted by Gasteiger charge is 2.14. The van der Waals surface area contributed by atoms with Gasteiger partial charge >= 0.3 is 0 Å². The van der Waals surface area contributed by atoms with E-state index in [4.69, 9.17) is 4.74 Å². The number of ether oxygens (including phenoxy) is 1. The summed E-state index contributed by atoms with van der Waals surface area (Å²) < 4.78 is 6.34. The number of aryl methyl sites for hydroxylation is 1. The van der Waals surface area contributed by atoms with Gasteiger partial charge in [-0.1, -0.05) is 23.5 Å². The number of fused-ring (bicyclic) bond motifs is 1. The molecule has 0 aliphatic rings. The SMILES string of the molecule is COc1ccc(C)c2sc(NC(=O)c3cccs3)nc12. The Morgan fingerprint density at radius 1 is 1.35 bits per heavy atom. The summed E-state index contributed by atoms with van der Waals surface area (Å²) in [6.07, 6.45) is 0. The fourth-order valence-electron chi connectivity index (χ4n) is 1.89. The second-order valence-electron chi connectivity index (χ2n) is 4.21. The van der Waals surface area contributed by atoms with Crippen molar-refractivity contribution in [3.05, 3.63) is 40.1 Å². The van der Waals surface area contributed by atoms with Crippen LogP contribution >= 0.6 is 22.7 Å². The molecular weight excluding hydrogens is 292 g/mol.